The van der Waals surface area contributed by atoms with E-state index in [0.29, 0.717) is 15.0 Å². The van der Waals surface area contributed by atoms with Crippen molar-refractivity contribution in [2.24, 2.45) is 0 Å². The number of ether oxygens (including phenoxy) is 1. The predicted octanol–water partition coefficient (Wildman–Crippen LogP) is 0.424. The maximum atomic E-state index is 4.91. The number of rotatable bonds is 0. The molecule has 0 radical (unpaired) electrons. The van der Waals surface area contributed by atoms with Crippen molar-refractivity contribution >= 4 is 31.1 Å². The van der Waals surface area contributed by atoms with Crippen LogP contribution in [0.2, 0.25) is 5.32 Å². The van der Waals surface area contributed by atoms with Crippen LogP contribution in [-0.2, 0) is 4.74 Å². The van der Waals surface area contributed by atoms with Gasteiger partial charge in [-0.2, -0.15) is 0 Å². The molecule has 0 aromatic carbocycles. The van der Waals surface area contributed by atoms with E-state index in [4.69, 9.17) is 17.0 Å². The molecule has 0 bridgehead atoms. The second kappa shape index (κ2) is 1.92. The summed E-state index contributed by atoms with van der Waals surface area (Å²) in [6.45, 7) is 0.874. The maximum absolute atomic E-state index is 4.91. The molecule has 3 heteroatoms. The van der Waals surface area contributed by atoms with Crippen molar-refractivity contribution in [1.29, 1.82) is 0 Å². The molecule has 0 amide bonds. The zero-order valence-corrected chi connectivity index (χ0v) is 5.67. The van der Waals surface area contributed by atoms with Crippen molar-refractivity contribution in [1.82, 2.24) is 0 Å². The summed E-state index contributed by atoms with van der Waals surface area (Å²) in [4.78, 5) is 0. The van der Waals surface area contributed by atoms with Crippen LogP contribution in [0.1, 0.15) is 0 Å². The van der Waals surface area contributed by atoms with E-state index in [0.717, 1.165) is 10.6 Å². The first kappa shape index (κ1) is 4.57. The third kappa shape index (κ3) is 0.934. The summed E-state index contributed by atoms with van der Waals surface area (Å²) in [6, 6.07) is 0. The van der Waals surface area contributed by atoms with Gasteiger partial charge in [0, 0.05) is 0 Å². The molecule has 0 aromatic rings. The fraction of sp³-hybridized carbons (Fsp3) is 0.667. The molecule has 0 aliphatic carbocycles. The second-order valence-electron chi connectivity index (χ2n) is 0.947. The minimum atomic E-state index is 0.537. The van der Waals surface area contributed by atoms with Gasteiger partial charge in [-0.15, -0.1) is 0 Å². The second-order valence-corrected chi connectivity index (χ2v) is 4.14. The molecule has 0 aromatic heterocycles. The first-order valence-electron chi connectivity index (χ1n) is 1.69. The van der Waals surface area contributed by atoms with Gasteiger partial charge in [0.2, 0.25) is 0 Å². The van der Waals surface area contributed by atoms with Crippen LogP contribution in [0.4, 0.5) is 0 Å². The van der Waals surface area contributed by atoms with Crippen LogP contribution in [-0.4, -0.2) is 25.5 Å². The summed E-state index contributed by atoms with van der Waals surface area (Å²) in [5, 5.41) is 1.19. The summed E-state index contributed by atoms with van der Waals surface area (Å²) in [6.07, 6.45) is 0. The first-order valence-corrected chi connectivity index (χ1v) is 4.17. The third-order valence-corrected chi connectivity index (χ3v) is 2.77. The molecule has 1 aliphatic heterocycles. The van der Waals surface area contributed by atoms with Gasteiger partial charge in [0.25, 0.3) is 0 Å². The van der Waals surface area contributed by atoms with E-state index in [-0.39, 0.29) is 0 Å². The topological polar surface area (TPSA) is 9.23 Å². The van der Waals surface area contributed by atoms with Crippen LogP contribution >= 0.6 is 12.2 Å². The van der Waals surface area contributed by atoms with Crippen molar-refractivity contribution in [3.05, 3.63) is 0 Å². The molecule has 1 saturated heterocycles. The molecule has 0 saturated carbocycles. The molecule has 0 spiro atoms. The zero-order chi connectivity index (χ0) is 4.41. The van der Waals surface area contributed by atoms with Gasteiger partial charge < -0.3 is 0 Å². The summed E-state index contributed by atoms with van der Waals surface area (Å²) < 4.78 is 5.76. The summed E-state index contributed by atoms with van der Waals surface area (Å²) in [5.74, 6) is 0. The van der Waals surface area contributed by atoms with Crippen LogP contribution in [0.15, 0.2) is 0 Å². The molecule has 1 rings (SSSR count). The minimum absolute atomic E-state index is 0.537. The summed E-state index contributed by atoms with van der Waals surface area (Å²) >= 11 is 5.26. The quantitative estimate of drug-likeness (QED) is 0.382. The van der Waals surface area contributed by atoms with Gasteiger partial charge in [0.15, 0.2) is 0 Å². The van der Waals surface area contributed by atoms with Crippen LogP contribution in [0.5, 0.6) is 0 Å². The Morgan fingerprint density at radius 2 is 2.67 bits per heavy atom. The summed E-state index contributed by atoms with van der Waals surface area (Å²) in [5.41, 5.74) is 0. The number of hydrogen-bond donors (Lipinski definition) is 0. The molecular weight excluding hydrogens is 163 g/mol. The van der Waals surface area contributed by atoms with Gasteiger partial charge in [-0.1, -0.05) is 0 Å². The van der Waals surface area contributed by atoms with E-state index in [2.05, 4.69) is 0 Å². The molecule has 1 aliphatic rings. The van der Waals surface area contributed by atoms with Crippen LogP contribution in [0.25, 0.3) is 0 Å². The van der Waals surface area contributed by atoms with E-state index in [1.54, 1.807) is 0 Å². The van der Waals surface area contributed by atoms with E-state index in [1.165, 1.54) is 5.32 Å². The third-order valence-electron chi connectivity index (χ3n) is 0.523. The molecule has 34 valence electrons. The molecule has 1 nitrogen and oxygen atoms in total. The Bertz CT molecular complexity index is 65.2. The molecule has 1 fully saturated rings. The fourth-order valence-electron chi connectivity index (χ4n) is 0.292. The molecule has 0 N–H and O–H groups in total. The molecule has 1 heterocycles. The Hall–Kier alpha value is 0.409. The van der Waals surface area contributed by atoms with Gasteiger partial charge in [0.1, 0.15) is 0 Å². The van der Waals surface area contributed by atoms with Gasteiger partial charge in [-0.3, -0.25) is 0 Å². The van der Waals surface area contributed by atoms with Crippen molar-refractivity contribution in [2.75, 3.05) is 6.61 Å². The Balaban J connectivity index is 2.37. The van der Waals surface area contributed by atoms with E-state index in [9.17, 15) is 0 Å². The molecule has 0 unspecified atom stereocenters. The Morgan fingerprint density at radius 1 is 1.83 bits per heavy atom. The van der Waals surface area contributed by atoms with Crippen LogP contribution < -0.4 is 0 Å². The fourth-order valence-corrected chi connectivity index (χ4v) is 1.86. The van der Waals surface area contributed by atoms with E-state index in [1.807, 2.05) is 0 Å². The van der Waals surface area contributed by atoms with Gasteiger partial charge >= 0.3 is 47.8 Å². The Morgan fingerprint density at radius 3 is 2.83 bits per heavy atom. The normalized spacial score (nSPS) is 21.0. The first-order chi connectivity index (χ1) is 2.89. The number of thiocarbonyl (C=S) groups is 1. The Labute approximate surface area is 48.2 Å². The van der Waals surface area contributed by atoms with Crippen molar-refractivity contribution in [3.8, 4) is 0 Å². The average Bonchev–Trinajstić information content (AvgIpc) is 1.86. The average molecular weight is 167 g/mol. The standard InChI is InChI=1S/C3H4OSSe/c5-3-4-1-2-6-3/h1-2H2. The molecule has 6 heavy (non-hydrogen) atoms. The van der Waals surface area contributed by atoms with E-state index < -0.39 is 0 Å². The zero-order valence-electron chi connectivity index (χ0n) is 3.14. The van der Waals surface area contributed by atoms with Crippen molar-refractivity contribution in [2.45, 2.75) is 5.32 Å². The van der Waals surface area contributed by atoms with Crippen molar-refractivity contribution in [3.63, 3.8) is 0 Å². The van der Waals surface area contributed by atoms with E-state index >= 15 is 0 Å². The molecule has 0 atom stereocenters. The van der Waals surface area contributed by atoms with Gasteiger partial charge in [-0.05, 0) is 0 Å². The van der Waals surface area contributed by atoms with Crippen LogP contribution in [0, 0.1) is 0 Å². The van der Waals surface area contributed by atoms with Crippen LogP contribution in [0.3, 0.4) is 0 Å². The number of hydrogen-bond acceptors (Lipinski definition) is 2. The Kier molecular flexibility index (Phi) is 1.46. The molecular formula is C3H4OSSe. The van der Waals surface area contributed by atoms with Gasteiger partial charge in [-0.25, -0.2) is 0 Å². The SMILES string of the molecule is S=C1OCC[Se]1. The predicted molar refractivity (Wildman–Crippen MR) is 29.1 cm³/mol. The monoisotopic (exact) mass is 168 g/mol. The van der Waals surface area contributed by atoms with Crippen molar-refractivity contribution < 1.29 is 4.74 Å². The van der Waals surface area contributed by atoms with Gasteiger partial charge in [0.05, 0.1) is 0 Å². The summed E-state index contributed by atoms with van der Waals surface area (Å²) in [7, 11) is 0.